The van der Waals surface area contributed by atoms with E-state index in [4.69, 9.17) is 27.9 Å². The summed E-state index contributed by atoms with van der Waals surface area (Å²) < 4.78 is 31.5. The fourth-order valence-electron chi connectivity index (χ4n) is 3.23. The number of ether oxygens (including phenoxy) is 1. The third-order valence-corrected chi connectivity index (χ3v) is 6.72. The van der Waals surface area contributed by atoms with Gasteiger partial charge in [0.2, 0.25) is 21.8 Å². The number of benzene rings is 2. The number of likely N-dealkylation sites (N-methyl/N-ethyl adjacent to an activating group) is 1. The molecule has 8 nitrogen and oxygen atoms in total. The molecular formula is C23H29Cl2N3O5S. The van der Waals surface area contributed by atoms with Crippen LogP contribution in [0.3, 0.4) is 0 Å². The van der Waals surface area contributed by atoms with Crippen LogP contribution in [0.1, 0.15) is 26.3 Å². The maximum absolute atomic E-state index is 13.4. The predicted molar refractivity (Wildman–Crippen MR) is 135 cm³/mol. The number of sulfonamides is 1. The van der Waals surface area contributed by atoms with Gasteiger partial charge in [-0.05, 0) is 62.7 Å². The van der Waals surface area contributed by atoms with E-state index in [0.29, 0.717) is 40.2 Å². The Morgan fingerprint density at radius 2 is 1.74 bits per heavy atom. The minimum absolute atomic E-state index is 0.00594. The molecule has 1 unspecified atom stereocenters. The fourth-order valence-corrected chi connectivity index (χ4v) is 4.54. The Balaban J connectivity index is 2.39. The zero-order valence-corrected chi connectivity index (χ0v) is 21.9. The number of carbonyl (C=O) groups is 2. The van der Waals surface area contributed by atoms with Crippen molar-refractivity contribution in [1.82, 2.24) is 10.2 Å². The number of hydrogen-bond donors (Lipinski definition) is 1. The van der Waals surface area contributed by atoms with Gasteiger partial charge in [-0.3, -0.25) is 13.9 Å². The van der Waals surface area contributed by atoms with Crippen molar-refractivity contribution in [3.8, 4) is 5.75 Å². The third-order valence-electron chi connectivity index (χ3n) is 4.99. The lowest BCUT2D eigenvalue weighted by Gasteiger charge is -2.31. The van der Waals surface area contributed by atoms with Gasteiger partial charge in [0, 0.05) is 23.1 Å². The summed E-state index contributed by atoms with van der Waals surface area (Å²) in [5, 5.41) is 3.46. The van der Waals surface area contributed by atoms with E-state index in [-0.39, 0.29) is 12.5 Å². The second kappa shape index (κ2) is 12.3. The Hall–Kier alpha value is -2.49. The molecule has 0 spiro atoms. The molecule has 34 heavy (non-hydrogen) atoms. The van der Waals surface area contributed by atoms with Gasteiger partial charge >= 0.3 is 0 Å². The van der Waals surface area contributed by atoms with Crippen molar-refractivity contribution in [2.24, 2.45) is 0 Å². The summed E-state index contributed by atoms with van der Waals surface area (Å²) in [5.74, 6) is -0.355. The molecule has 0 fully saturated rings. The van der Waals surface area contributed by atoms with Gasteiger partial charge in [-0.1, -0.05) is 29.3 Å². The van der Waals surface area contributed by atoms with Gasteiger partial charge in [0.15, 0.2) is 0 Å². The van der Waals surface area contributed by atoms with Crippen molar-refractivity contribution in [2.45, 2.75) is 33.4 Å². The lowest BCUT2D eigenvalue weighted by atomic mass is 10.1. The monoisotopic (exact) mass is 529 g/mol. The Kier molecular flexibility index (Phi) is 10.0. The molecule has 0 aliphatic carbocycles. The van der Waals surface area contributed by atoms with Crippen molar-refractivity contribution in [2.75, 3.05) is 30.3 Å². The van der Waals surface area contributed by atoms with E-state index in [2.05, 4.69) is 5.32 Å². The number of anilines is 1. The molecule has 2 amide bonds. The van der Waals surface area contributed by atoms with E-state index in [0.717, 1.165) is 10.6 Å². The topological polar surface area (TPSA) is 96.0 Å². The SMILES string of the molecule is CCNC(=O)C(C)N(Cc1ccc(Cl)cc1Cl)C(=O)CN(c1ccc(OCC)cc1)S(C)(=O)=O. The summed E-state index contributed by atoms with van der Waals surface area (Å²) in [4.78, 5) is 27.3. The normalized spacial score (nSPS) is 12.1. The molecular weight excluding hydrogens is 501 g/mol. The van der Waals surface area contributed by atoms with Gasteiger partial charge < -0.3 is 15.0 Å². The Morgan fingerprint density at radius 3 is 2.26 bits per heavy atom. The first-order chi connectivity index (χ1) is 16.0. The minimum Gasteiger partial charge on any atom is -0.494 e. The summed E-state index contributed by atoms with van der Waals surface area (Å²) in [7, 11) is -3.81. The van der Waals surface area contributed by atoms with Crippen LogP contribution in [-0.2, 0) is 26.2 Å². The molecule has 0 saturated carbocycles. The maximum Gasteiger partial charge on any atom is 0.244 e. The minimum atomic E-state index is -3.81. The quantitative estimate of drug-likeness (QED) is 0.478. The lowest BCUT2D eigenvalue weighted by molar-refractivity contribution is -0.139. The van der Waals surface area contributed by atoms with E-state index in [1.807, 2.05) is 6.92 Å². The average molecular weight is 530 g/mol. The zero-order valence-electron chi connectivity index (χ0n) is 19.5. The van der Waals surface area contributed by atoms with E-state index >= 15 is 0 Å². The molecule has 0 saturated heterocycles. The molecule has 0 heterocycles. The van der Waals surface area contributed by atoms with Crippen LogP contribution in [-0.4, -0.2) is 57.1 Å². The third kappa shape index (κ3) is 7.51. The van der Waals surface area contributed by atoms with Gasteiger partial charge in [-0.2, -0.15) is 0 Å². The summed E-state index contributed by atoms with van der Waals surface area (Å²) in [6.07, 6.45) is 1.02. The fraction of sp³-hybridized carbons (Fsp3) is 0.391. The standard InChI is InChI=1S/C23H29Cl2N3O5S/c1-5-26-23(30)16(3)27(14-17-7-8-18(24)13-21(17)25)22(29)15-28(34(4,31)32)19-9-11-20(12-10-19)33-6-2/h7-13,16H,5-6,14-15H2,1-4H3,(H,26,30). The van der Waals surface area contributed by atoms with Gasteiger partial charge in [0.05, 0.1) is 18.6 Å². The summed E-state index contributed by atoms with van der Waals surface area (Å²) in [6, 6.07) is 10.3. The van der Waals surface area contributed by atoms with Gasteiger partial charge in [-0.25, -0.2) is 8.42 Å². The first-order valence-electron chi connectivity index (χ1n) is 10.7. The van der Waals surface area contributed by atoms with E-state index in [1.54, 1.807) is 56.3 Å². The number of carbonyl (C=O) groups excluding carboxylic acids is 2. The highest BCUT2D eigenvalue weighted by atomic mass is 35.5. The van der Waals surface area contributed by atoms with Crippen LogP contribution in [0.5, 0.6) is 5.75 Å². The van der Waals surface area contributed by atoms with Crippen LogP contribution in [0.4, 0.5) is 5.69 Å². The molecule has 0 aromatic heterocycles. The molecule has 0 aliphatic heterocycles. The molecule has 2 rings (SSSR count). The highest BCUT2D eigenvalue weighted by Crippen LogP contribution is 2.25. The van der Waals surface area contributed by atoms with E-state index in [1.165, 1.54) is 4.90 Å². The lowest BCUT2D eigenvalue weighted by Crippen LogP contribution is -2.51. The van der Waals surface area contributed by atoms with Crippen molar-refractivity contribution in [3.05, 3.63) is 58.1 Å². The van der Waals surface area contributed by atoms with Crippen LogP contribution < -0.4 is 14.4 Å². The Labute approximate surface area is 210 Å². The van der Waals surface area contributed by atoms with Crippen molar-refractivity contribution < 1.29 is 22.7 Å². The molecule has 2 aromatic rings. The highest BCUT2D eigenvalue weighted by molar-refractivity contribution is 7.92. The number of amides is 2. The second-order valence-corrected chi connectivity index (χ2v) is 10.3. The Morgan fingerprint density at radius 1 is 1.09 bits per heavy atom. The van der Waals surface area contributed by atoms with Crippen molar-refractivity contribution in [3.63, 3.8) is 0 Å². The molecule has 11 heteroatoms. The average Bonchev–Trinajstić information content (AvgIpc) is 2.76. The smallest absolute Gasteiger partial charge is 0.244 e. The van der Waals surface area contributed by atoms with Crippen LogP contribution in [0.2, 0.25) is 10.0 Å². The predicted octanol–water partition coefficient (Wildman–Crippen LogP) is 3.71. The molecule has 186 valence electrons. The van der Waals surface area contributed by atoms with E-state index in [9.17, 15) is 18.0 Å². The molecule has 1 atom stereocenters. The van der Waals surface area contributed by atoms with Crippen LogP contribution >= 0.6 is 23.2 Å². The zero-order chi connectivity index (χ0) is 25.5. The first-order valence-corrected chi connectivity index (χ1v) is 13.3. The van der Waals surface area contributed by atoms with Gasteiger partial charge in [0.25, 0.3) is 0 Å². The van der Waals surface area contributed by atoms with Gasteiger partial charge in [0.1, 0.15) is 18.3 Å². The molecule has 0 bridgehead atoms. The number of halogens is 2. The van der Waals surface area contributed by atoms with Crippen LogP contribution in [0.15, 0.2) is 42.5 Å². The number of hydrogen-bond acceptors (Lipinski definition) is 5. The molecule has 1 N–H and O–H groups in total. The maximum atomic E-state index is 13.4. The first kappa shape index (κ1) is 27.8. The largest absolute Gasteiger partial charge is 0.494 e. The summed E-state index contributed by atoms with van der Waals surface area (Å²) in [5.41, 5.74) is 0.872. The van der Waals surface area contributed by atoms with E-state index < -0.39 is 28.5 Å². The summed E-state index contributed by atoms with van der Waals surface area (Å²) in [6.45, 7) is 5.53. The second-order valence-electron chi connectivity index (χ2n) is 7.52. The highest BCUT2D eigenvalue weighted by Gasteiger charge is 2.30. The number of nitrogens with zero attached hydrogens (tertiary/aromatic N) is 2. The number of nitrogens with one attached hydrogen (secondary N) is 1. The molecule has 0 aliphatic rings. The summed E-state index contributed by atoms with van der Waals surface area (Å²) >= 11 is 12.3. The van der Waals surface area contributed by atoms with Crippen LogP contribution in [0.25, 0.3) is 0 Å². The van der Waals surface area contributed by atoms with Crippen molar-refractivity contribution in [1.29, 1.82) is 0 Å². The van der Waals surface area contributed by atoms with Gasteiger partial charge in [-0.15, -0.1) is 0 Å². The van der Waals surface area contributed by atoms with Crippen LogP contribution in [0, 0.1) is 0 Å². The number of rotatable bonds is 11. The Bertz CT molecular complexity index is 1110. The van der Waals surface area contributed by atoms with Crippen molar-refractivity contribution >= 4 is 50.7 Å². The molecule has 0 radical (unpaired) electrons. The molecule has 2 aromatic carbocycles.